The monoisotopic (exact) mass is 537 g/mol. The Morgan fingerprint density at radius 2 is 2.00 bits per heavy atom. The normalized spacial score (nSPS) is 17.7. The van der Waals surface area contributed by atoms with Crippen LogP contribution in [0.25, 0.3) is 0 Å². The molecule has 1 N–H and O–H groups in total. The maximum Gasteiger partial charge on any atom is 0.306 e. The Balaban J connectivity index is 1.26. The van der Waals surface area contributed by atoms with Gasteiger partial charge in [-0.25, -0.2) is 9.37 Å². The molecule has 0 amide bonds. The molecule has 1 aliphatic heterocycles. The maximum absolute atomic E-state index is 15.0. The molecule has 0 spiro atoms. The lowest BCUT2D eigenvalue weighted by Gasteiger charge is -2.17. The minimum atomic E-state index is -0.801. The van der Waals surface area contributed by atoms with Crippen molar-refractivity contribution in [2.75, 3.05) is 20.3 Å². The highest BCUT2D eigenvalue weighted by molar-refractivity contribution is 5.71. The molecular formula is C30H32FNO7. The minimum absolute atomic E-state index is 0.0622. The Kier molecular flexibility index (Phi) is 7.61. The molecule has 3 aromatic rings. The summed E-state index contributed by atoms with van der Waals surface area (Å²) >= 11 is 0. The van der Waals surface area contributed by atoms with Crippen molar-refractivity contribution in [3.63, 3.8) is 0 Å². The van der Waals surface area contributed by atoms with Gasteiger partial charge in [-0.2, -0.15) is 0 Å². The Morgan fingerprint density at radius 1 is 1.18 bits per heavy atom. The molecule has 2 heterocycles. The molecule has 1 aliphatic carbocycles. The molecule has 5 rings (SSSR count). The molecule has 8 nitrogen and oxygen atoms in total. The standard InChI is InChI=1S/C30H32FNO7/c1-30(2,34)12-13-36-20-5-11-27(32-16-20)39-24-10-8-23(31)29-22(24)7-9-25(29)38-19-4-6-21-18(14-28(33)35-3)17-37-26(21)15-19/h4-6,8,10-11,15-16,18,25,34H,7,9,12-14,17H2,1-3H3/t18?,25-/m1/s1. The van der Waals surface area contributed by atoms with Gasteiger partial charge < -0.3 is 28.8 Å². The Labute approximate surface area is 226 Å². The fourth-order valence-electron chi connectivity index (χ4n) is 4.85. The molecular weight excluding hydrogens is 505 g/mol. The third-order valence-electron chi connectivity index (χ3n) is 6.93. The van der Waals surface area contributed by atoms with Gasteiger partial charge in [-0.05, 0) is 51.0 Å². The zero-order valence-electron chi connectivity index (χ0n) is 22.2. The van der Waals surface area contributed by atoms with Crippen LogP contribution in [-0.2, 0) is 16.0 Å². The molecule has 0 radical (unpaired) electrons. The number of aromatic nitrogens is 1. The van der Waals surface area contributed by atoms with E-state index in [9.17, 15) is 14.3 Å². The number of hydrogen-bond donors (Lipinski definition) is 1. The van der Waals surface area contributed by atoms with E-state index in [-0.39, 0.29) is 24.1 Å². The summed E-state index contributed by atoms with van der Waals surface area (Å²) in [5, 5.41) is 9.81. The van der Waals surface area contributed by atoms with Crippen molar-refractivity contribution in [1.82, 2.24) is 4.98 Å². The number of esters is 1. The highest BCUT2D eigenvalue weighted by Crippen LogP contribution is 2.44. The zero-order chi connectivity index (χ0) is 27.6. The number of carbonyl (C=O) groups is 1. The topological polar surface area (TPSA) is 96.3 Å². The highest BCUT2D eigenvalue weighted by Gasteiger charge is 2.32. The van der Waals surface area contributed by atoms with E-state index < -0.39 is 11.7 Å². The van der Waals surface area contributed by atoms with Crippen LogP contribution in [0.5, 0.6) is 28.9 Å². The Morgan fingerprint density at radius 3 is 2.74 bits per heavy atom. The van der Waals surface area contributed by atoms with Gasteiger partial charge in [0.15, 0.2) is 0 Å². The molecule has 0 saturated carbocycles. The van der Waals surface area contributed by atoms with Crippen LogP contribution in [0.4, 0.5) is 4.39 Å². The van der Waals surface area contributed by atoms with Crippen molar-refractivity contribution in [3.05, 3.63) is 71.2 Å². The van der Waals surface area contributed by atoms with Gasteiger partial charge in [0.05, 0.1) is 38.5 Å². The number of halogens is 1. The van der Waals surface area contributed by atoms with Gasteiger partial charge in [0.1, 0.15) is 34.9 Å². The van der Waals surface area contributed by atoms with Crippen molar-refractivity contribution in [2.45, 2.75) is 57.2 Å². The SMILES string of the molecule is COC(=O)CC1COc2cc(O[C@@H]3CCc4c(Oc5ccc(OCCC(C)(C)O)cn5)ccc(F)c43)ccc21. The number of nitrogens with zero attached hydrogens (tertiary/aromatic N) is 1. The molecule has 0 fully saturated rings. The van der Waals surface area contributed by atoms with Crippen LogP contribution in [0.3, 0.4) is 0 Å². The third kappa shape index (κ3) is 6.25. The lowest BCUT2D eigenvalue weighted by atomic mass is 9.98. The highest BCUT2D eigenvalue weighted by atomic mass is 19.1. The van der Waals surface area contributed by atoms with Crippen LogP contribution in [0.15, 0.2) is 48.7 Å². The second-order valence-corrected chi connectivity index (χ2v) is 10.4. The van der Waals surface area contributed by atoms with E-state index in [2.05, 4.69) is 4.98 Å². The van der Waals surface area contributed by atoms with Crippen LogP contribution >= 0.6 is 0 Å². The molecule has 206 valence electrons. The summed E-state index contributed by atoms with van der Waals surface area (Å²) < 4.78 is 43.4. The lowest BCUT2D eigenvalue weighted by molar-refractivity contribution is -0.141. The lowest BCUT2D eigenvalue weighted by Crippen LogP contribution is -2.21. The Hall–Kier alpha value is -3.85. The quantitative estimate of drug-likeness (QED) is 0.331. The summed E-state index contributed by atoms with van der Waals surface area (Å²) in [5.41, 5.74) is 1.36. The number of ether oxygens (including phenoxy) is 5. The van der Waals surface area contributed by atoms with Crippen LogP contribution < -0.4 is 18.9 Å². The first-order chi connectivity index (χ1) is 18.7. The molecule has 0 bridgehead atoms. The number of pyridine rings is 1. The third-order valence-corrected chi connectivity index (χ3v) is 6.93. The van der Waals surface area contributed by atoms with E-state index in [1.165, 1.54) is 13.2 Å². The van der Waals surface area contributed by atoms with E-state index in [0.29, 0.717) is 66.9 Å². The van der Waals surface area contributed by atoms with E-state index in [0.717, 1.165) is 11.1 Å². The van der Waals surface area contributed by atoms with E-state index in [4.69, 9.17) is 23.7 Å². The maximum atomic E-state index is 15.0. The molecule has 1 aromatic heterocycles. The second-order valence-electron chi connectivity index (χ2n) is 10.4. The predicted octanol–water partition coefficient (Wildman–Crippen LogP) is 5.66. The molecule has 9 heteroatoms. The van der Waals surface area contributed by atoms with Gasteiger partial charge in [0, 0.05) is 41.2 Å². The molecule has 0 saturated heterocycles. The van der Waals surface area contributed by atoms with Gasteiger partial charge in [-0.15, -0.1) is 0 Å². The first kappa shape index (κ1) is 26.7. The van der Waals surface area contributed by atoms with E-state index in [1.807, 2.05) is 12.1 Å². The molecule has 2 aromatic carbocycles. The van der Waals surface area contributed by atoms with Gasteiger partial charge in [0.2, 0.25) is 5.88 Å². The molecule has 2 atom stereocenters. The number of fused-ring (bicyclic) bond motifs is 2. The van der Waals surface area contributed by atoms with Crippen molar-refractivity contribution in [1.29, 1.82) is 0 Å². The van der Waals surface area contributed by atoms with Crippen LogP contribution in [-0.4, -0.2) is 42.0 Å². The molecule has 2 aliphatic rings. The average Bonchev–Trinajstić information content (AvgIpc) is 3.50. The van der Waals surface area contributed by atoms with Crippen molar-refractivity contribution in [2.24, 2.45) is 0 Å². The number of benzene rings is 2. The summed E-state index contributed by atoms with van der Waals surface area (Å²) in [6.07, 6.45) is 3.00. The first-order valence-corrected chi connectivity index (χ1v) is 13.0. The summed E-state index contributed by atoms with van der Waals surface area (Å²) in [4.78, 5) is 16.0. The van der Waals surface area contributed by atoms with Crippen LogP contribution in [0, 0.1) is 5.82 Å². The smallest absolute Gasteiger partial charge is 0.306 e. The van der Waals surface area contributed by atoms with Gasteiger partial charge in [-0.1, -0.05) is 6.07 Å². The number of carbonyl (C=O) groups excluding carboxylic acids is 1. The van der Waals surface area contributed by atoms with Crippen LogP contribution in [0.2, 0.25) is 0 Å². The summed E-state index contributed by atoms with van der Waals surface area (Å²) in [5.74, 6) is 2.00. The van der Waals surface area contributed by atoms with Crippen LogP contribution in [0.1, 0.15) is 61.8 Å². The van der Waals surface area contributed by atoms with Crippen molar-refractivity contribution in [3.8, 4) is 28.9 Å². The van der Waals surface area contributed by atoms with Gasteiger partial charge in [-0.3, -0.25) is 4.79 Å². The largest absolute Gasteiger partial charge is 0.492 e. The number of aliphatic hydroxyl groups is 1. The van der Waals surface area contributed by atoms with Gasteiger partial charge >= 0.3 is 5.97 Å². The molecule has 1 unspecified atom stereocenters. The fourth-order valence-corrected chi connectivity index (χ4v) is 4.85. The summed E-state index contributed by atoms with van der Waals surface area (Å²) in [6, 6.07) is 11.9. The first-order valence-electron chi connectivity index (χ1n) is 13.0. The van der Waals surface area contributed by atoms with Crippen molar-refractivity contribution >= 4 is 5.97 Å². The van der Waals surface area contributed by atoms with E-state index >= 15 is 0 Å². The zero-order valence-corrected chi connectivity index (χ0v) is 22.2. The fraction of sp³-hybridized carbons (Fsp3) is 0.400. The average molecular weight is 538 g/mol. The van der Waals surface area contributed by atoms with E-state index in [1.54, 1.807) is 44.3 Å². The Bertz CT molecular complexity index is 1340. The van der Waals surface area contributed by atoms with Gasteiger partial charge in [0.25, 0.3) is 0 Å². The predicted molar refractivity (Wildman–Crippen MR) is 140 cm³/mol. The second kappa shape index (κ2) is 11.1. The number of methoxy groups -OCH3 is 1. The summed E-state index contributed by atoms with van der Waals surface area (Å²) in [7, 11) is 1.37. The van der Waals surface area contributed by atoms with Crippen molar-refractivity contribution < 1.29 is 38.0 Å². The number of rotatable bonds is 10. The number of hydrogen-bond acceptors (Lipinski definition) is 8. The summed E-state index contributed by atoms with van der Waals surface area (Å²) in [6.45, 7) is 4.22. The molecule has 39 heavy (non-hydrogen) atoms. The minimum Gasteiger partial charge on any atom is -0.492 e.